The van der Waals surface area contributed by atoms with E-state index in [4.69, 9.17) is 9.84 Å². The number of aliphatic hydroxyl groups is 2. The van der Waals surface area contributed by atoms with Crippen LogP contribution in [0.3, 0.4) is 0 Å². The van der Waals surface area contributed by atoms with Crippen molar-refractivity contribution in [3.8, 4) is 5.75 Å². The number of hydrogen-bond donors (Lipinski definition) is 3. The van der Waals surface area contributed by atoms with Gasteiger partial charge in [0.25, 0.3) is 0 Å². The van der Waals surface area contributed by atoms with E-state index < -0.39 is 0 Å². The average molecular weight is 279 g/mol. The molecule has 0 amide bonds. The molecule has 3 N–H and O–H groups in total. The Morgan fingerprint density at radius 2 is 1.95 bits per heavy atom. The van der Waals surface area contributed by atoms with Crippen molar-refractivity contribution in [2.24, 2.45) is 0 Å². The second kappa shape index (κ2) is 6.57. The first-order valence-corrected chi connectivity index (χ1v) is 7.30. The van der Waals surface area contributed by atoms with Gasteiger partial charge in [-0.3, -0.25) is 0 Å². The number of aliphatic hydroxyl groups excluding tert-OH is 2. The number of nitrogens with one attached hydrogen (secondary N) is 1. The molecule has 1 aromatic rings. The second-order valence-electron chi connectivity index (χ2n) is 6.07. The second-order valence-corrected chi connectivity index (χ2v) is 6.07. The summed E-state index contributed by atoms with van der Waals surface area (Å²) in [5.74, 6) is 0.793. The average Bonchev–Trinajstić information content (AvgIpc) is 3.23. The van der Waals surface area contributed by atoms with E-state index in [1.165, 1.54) is 12.8 Å². The smallest absolute Gasteiger partial charge is 0.119 e. The summed E-state index contributed by atoms with van der Waals surface area (Å²) < 4.78 is 5.88. The van der Waals surface area contributed by atoms with E-state index in [1.54, 1.807) is 0 Å². The molecule has 0 heterocycles. The van der Waals surface area contributed by atoms with E-state index in [2.05, 4.69) is 5.32 Å². The van der Waals surface area contributed by atoms with Gasteiger partial charge in [0.2, 0.25) is 0 Å². The van der Waals surface area contributed by atoms with Gasteiger partial charge >= 0.3 is 0 Å². The van der Waals surface area contributed by atoms with Gasteiger partial charge in [0.15, 0.2) is 0 Å². The Labute approximate surface area is 120 Å². The Morgan fingerprint density at radius 1 is 1.30 bits per heavy atom. The summed E-state index contributed by atoms with van der Waals surface area (Å²) in [6.45, 7) is 4.22. The lowest BCUT2D eigenvalue weighted by Gasteiger charge is -2.32. The summed E-state index contributed by atoms with van der Waals surface area (Å²) >= 11 is 0. The fraction of sp³-hybridized carbons (Fsp3) is 0.625. The maximum atomic E-state index is 9.60. The first-order valence-electron chi connectivity index (χ1n) is 7.30. The van der Waals surface area contributed by atoms with Crippen LogP contribution in [0.15, 0.2) is 24.3 Å². The maximum Gasteiger partial charge on any atom is 0.119 e. The van der Waals surface area contributed by atoms with Crippen LogP contribution in [-0.4, -0.2) is 34.5 Å². The first-order chi connectivity index (χ1) is 9.54. The van der Waals surface area contributed by atoms with Gasteiger partial charge in [-0.15, -0.1) is 0 Å². The molecule has 20 heavy (non-hydrogen) atoms. The zero-order valence-electron chi connectivity index (χ0n) is 12.3. The van der Waals surface area contributed by atoms with Crippen LogP contribution < -0.4 is 10.1 Å². The molecule has 1 aliphatic rings. The summed E-state index contributed by atoms with van der Waals surface area (Å²) in [6.07, 6.45) is 3.17. The number of ether oxygens (including phenoxy) is 1. The Hall–Kier alpha value is -1.10. The highest BCUT2D eigenvalue weighted by Crippen LogP contribution is 2.25. The molecule has 1 fully saturated rings. The molecule has 0 radical (unpaired) electrons. The van der Waals surface area contributed by atoms with Crippen molar-refractivity contribution in [1.82, 2.24) is 5.32 Å². The Bertz CT molecular complexity index is 416. The van der Waals surface area contributed by atoms with Gasteiger partial charge in [-0.2, -0.15) is 0 Å². The molecule has 0 bridgehead atoms. The fourth-order valence-corrected chi connectivity index (χ4v) is 2.47. The molecule has 0 spiro atoms. The van der Waals surface area contributed by atoms with Crippen molar-refractivity contribution in [3.05, 3.63) is 29.8 Å². The van der Waals surface area contributed by atoms with Gasteiger partial charge < -0.3 is 20.3 Å². The maximum absolute atomic E-state index is 9.60. The van der Waals surface area contributed by atoms with Crippen LogP contribution in [0.2, 0.25) is 0 Å². The summed E-state index contributed by atoms with van der Waals surface area (Å²) in [4.78, 5) is 0. The normalized spacial score (nSPS) is 19.4. The largest absolute Gasteiger partial charge is 0.491 e. The molecule has 2 atom stereocenters. The topological polar surface area (TPSA) is 61.7 Å². The molecule has 4 heteroatoms. The molecule has 2 rings (SSSR count). The third-order valence-corrected chi connectivity index (χ3v) is 3.66. The van der Waals surface area contributed by atoms with Crippen LogP contribution in [0.5, 0.6) is 5.75 Å². The van der Waals surface area contributed by atoms with Crippen LogP contribution in [-0.2, 0) is 6.61 Å². The fourth-order valence-electron chi connectivity index (χ4n) is 2.47. The van der Waals surface area contributed by atoms with Gasteiger partial charge in [0.05, 0.1) is 19.3 Å². The summed E-state index contributed by atoms with van der Waals surface area (Å²) in [5.41, 5.74) is 0.589. The standard InChI is InChI=1S/C16H25NO3/c1-12(9-16(2,11-19)17-14-5-6-14)20-15-7-3-13(10-18)4-8-15/h3-4,7-8,12,14,17-19H,5-6,9-11H2,1-2H3. The molecule has 0 aliphatic heterocycles. The van der Waals surface area contributed by atoms with Crippen molar-refractivity contribution in [2.75, 3.05) is 6.61 Å². The molecule has 112 valence electrons. The predicted octanol–water partition coefficient (Wildman–Crippen LogP) is 1.84. The van der Waals surface area contributed by atoms with Crippen LogP contribution >= 0.6 is 0 Å². The van der Waals surface area contributed by atoms with E-state index in [0.717, 1.165) is 17.7 Å². The molecular weight excluding hydrogens is 254 g/mol. The van der Waals surface area contributed by atoms with Gasteiger partial charge in [-0.1, -0.05) is 12.1 Å². The minimum atomic E-state index is -0.286. The highest BCUT2D eigenvalue weighted by Gasteiger charge is 2.33. The van der Waals surface area contributed by atoms with Crippen molar-refractivity contribution in [3.63, 3.8) is 0 Å². The monoisotopic (exact) mass is 279 g/mol. The first kappa shape index (κ1) is 15.3. The molecule has 1 aromatic carbocycles. The third kappa shape index (κ3) is 4.47. The van der Waals surface area contributed by atoms with E-state index in [-0.39, 0.29) is 24.9 Å². The van der Waals surface area contributed by atoms with Crippen LogP contribution in [0, 0.1) is 0 Å². The lowest BCUT2D eigenvalue weighted by Crippen LogP contribution is -2.49. The van der Waals surface area contributed by atoms with Gasteiger partial charge in [-0.25, -0.2) is 0 Å². The zero-order valence-corrected chi connectivity index (χ0v) is 12.3. The molecule has 2 unspecified atom stereocenters. The van der Waals surface area contributed by atoms with Crippen molar-refractivity contribution in [1.29, 1.82) is 0 Å². The zero-order chi connectivity index (χ0) is 14.6. The minimum absolute atomic E-state index is 0.0124. The van der Waals surface area contributed by atoms with E-state index >= 15 is 0 Å². The lowest BCUT2D eigenvalue weighted by molar-refractivity contribution is 0.108. The van der Waals surface area contributed by atoms with E-state index in [9.17, 15) is 5.11 Å². The summed E-state index contributed by atoms with van der Waals surface area (Å²) in [5, 5.41) is 22.1. The Balaban J connectivity index is 1.87. The third-order valence-electron chi connectivity index (χ3n) is 3.66. The van der Waals surface area contributed by atoms with Crippen LogP contribution in [0.1, 0.15) is 38.7 Å². The highest BCUT2D eigenvalue weighted by molar-refractivity contribution is 5.27. The minimum Gasteiger partial charge on any atom is -0.491 e. The van der Waals surface area contributed by atoms with Crippen LogP contribution in [0.4, 0.5) is 0 Å². The predicted molar refractivity (Wildman–Crippen MR) is 78.7 cm³/mol. The van der Waals surface area contributed by atoms with Gasteiger partial charge in [-0.05, 0) is 44.4 Å². The Morgan fingerprint density at radius 3 is 2.45 bits per heavy atom. The van der Waals surface area contributed by atoms with Crippen molar-refractivity contribution >= 4 is 0 Å². The molecule has 4 nitrogen and oxygen atoms in total. The van der Waals surface area contributed by atoms with Gasteiger partial charge in [0.1, 0.15) is 5.75 Å². The van der Waals surface area contributed by atoms with E-state index in [1.807, 2.05) is 38.1 Å². The van der Waals surface area contributed by atoms with Crippen LogP contribution in [0.25, 0.3) is 0 Å². The SMILES string of the molecule is CC(CC(C)(CO)NC1CC1)Oc1ccc(CO)cc1. The number of benzene rings is 1. The quantitative estimate of drug-likeness (QED) is 0.679. The molecular formula is C16H25NO3. The summed E-state index contributed by atoms with van der Waals surface area (Å²) in [6, 6.07) is 8.01. The van der Waals surface area contributed by atoms with Crippen molar-refractivity contribution in [2.45, 2.75) is 57.4 Å². The molecule has 0 aromatic heterocycles. The summed E-state index contributed by atoms with van der Waals surface area (Å²) in [7, 11) is 0. The molecule has 0 saturated heterocycles. The Kier molecular flexibility index (Phi) is 5.02. The number of hydrogen-bond acceptors (Lipinski definition) is 4. The number of rotatable bonds is 8. The molecule has 1 saturated carbocycles. The van der Waals surface area contributed by atoms with Crippen molar-refractivity contribution < 1.29 is 14.9 Å². The van der Waals surface area contributed by atoms with Gasteiger partial charge in [0, 0.05) is 18.0 Å². The van der Waals surface area contributed by atoms with E-state index in [0.29, 0.717) is 6.04 Å². The molecule has 1 aliphatic carbocycles. The highest BCUT2D eigenvalue weighted by atomic mass is 16.5. The lowest BCUT2D eigenvalue weighted by atomic mass is 9.95.